The topological polar surface area (TPSA) is 57.5 Å². The molecule has 0 aliphatic heterocycles. The predicted molar refractivity (Wildman–Crippen MR) is 53.8 cm³/mol. The van der Waals surface area contributed by atoms with Gasteiger partial charge < -0.3 is 10.2 Å². The lowest BCUT2D eigenvalue weighted by Gasteiger charge is -1.92. The molecular formula is C9H11BrO3. The molecule has 0 atom stereocenters. The van der Waals surface area contributed by atoms with Gasteiger partial charge in [0.15, 0.2) is 0 Å². The third-order valence-electron chi connectivity index (χ3n) is 1.20. The summed E-state index contributed by atoms with van der Waals surface area (Å²) >= 11 is 2.70. The minimum Gasteiger partial charge on any atom is -0.481 e. The quantitative estimate of drug-likeness (QED) is 0.781. The molecule has 0 unspecified atom stereocenters. The number of aliphatic carboxylic acids is 1. The zero-order valence-electron chi connectivity index (χ0n) is 6.98. The van der Waals surface area contributed by atoms with Crippen molar-refractivity contribution in [2.24, 2.45) is 0 Å². The van der Waals surface area contributed by atoms with Gasteiger partial charge in [0.1, 0.15) is 0 Å². The van der Waals surface area contributed by atoms with Crippen molar-refractivity contribution in [2.45, 2.75) is 6.42 Å². The van der Waals surface area contributed by atoms with Crippen molar-refractivity contribution < 1.29 is 15.0 Å². The smallest absolute Gasteiger partial charge is 0.307 e. The van der Waals surface area contributed by atoms with Gasteiger partial charge in [0.2, 0.25) is 0 Å². The third-order valence-corrected chi connectivity index (χ3v) is 1.20. The fourth-order valence-electron chi connectivity index (χ4n) is 0.770. The van der Waals surface area contributed by atoms with E-state index in [1.54, 1.807) is 12.1 Å². The van der Waals surface area contributed by atoms with Crippen LogP contribution in [0.2, 0.25) is 0 Å². The monoisotopic (exact) mass is 246 g/mol. The van der Waals surface area contributed by atoms with Crippen molar-refractivity contribution in [1.82, 2.24) is 0 Å². The molecule has 1 rings (SSSR count). The molecule has 3 nitrogen and oxygen atoms in total. The van der Waals surface area contributed by atoms with Gasteiger partial charge >= 0.3 is 5.97 Å². The molecule has 0 fully saturated rings. The Labute approximate surface area is 85.1 Å². The summed E-state index contributed by atoms with van der Waals surface area (Å²) in [5, 5.41) is 15.9. The van der Waals surface area contributed by atoms with Crippen LogP contribution >= 0.6 is 15.9 Å². The first-order chi connectivity index (χ1) is 6.20. The van der Waals surface area contributed by atoms with E-state index in [0.29, 0.717) is 0 Å². The van der Waals surface area contributed by atoms with E-state index in [-0.39, 0.29) is 11.9 Å². The molecule has 0 spiro atoms. The average Bonchev–Trinajstić information content (AvgIpc) is 2.06. The summed E-state index contributed by atoms with van der Waals surface area (Å²) in [5.74, 6) is -0.786. The van der Waals surface area contributed by atoms with Crippen LogP contribution in [0, 0.1) is 0 Å². The zero-order valence-corrected chi connectivity index (χ0v) is 8.57. The lowest BCUT2D eigenvalue weighted by atomic mass is 10.2. The zero-order chi connectivity index (χ0) is 10.1. The number of hydrogen-bond acceptors (Lipinski definition) is 2. The maximum Gasteiger partial charge on any atom is 0.307 e. The van der Waals surface area contributed by atoms with Gasteiger partial charge in [0, 0.05) is 0 Å². The summed E-state index contributed by atoms with van der Waals surface area (Å²) in [6.45, 7) is 0. The van der Waals surface area contributed by atoms with Crippen molar-refractivity contribution >= 4 is 21.9 Å². The van der Waals surface area contributed by atoms with Crippen molar-refractivity contribution in [1.29, 1.82) is 0 Å². The van der Waals surface area contributed by atoms with E-state index in [0.717, 1.165) is 5.56 Å². The number of carbonyl (C=O) groups is 1. The highest BCUT2D eigenvalue weighted by atomic mass is 79.9. The largest absolute Gasteiger partial charge is 0.481 e. The Morgan fingerprint density at radius 2 is 1.77 bits per heavy atom. The van der Waals surface area contributed by atoms with E-state index in [1.807, 2.05) is 18.2 Å². The fraction of sp³-hybridized carbons (Fsp3) is 0.222. The molecule has 13 heavy (non-hydrogen) atoms. The van der Waals surface area contributed by atoms with Crippen LogP contribution in [0.15, 0.2) is 30.3 Å². The summed E-state index contributed by atoms with van der Waals surface area (Å²) in [7, 11) is 0. The first kappa shape index (κ1) is 12.1. The molecule has 1 aromatic carbocycles. The lowest BCUT2D eigenvalue weighted by Crippen LogP contribution is -1.98. The lowest BCUT2D eigenvalue weighted by molar-refractivity contribution is -0.136. The van der Waals surface area contributed by atoms with Gasteiger partial charge in [-0.1, -0.05) is 46.3 Å². The number of rotatable bonds is 2. The maximum atomic E-state index is 10.2. The molecule has 0 bridgehead atoms. The summed E-state index contributed by atoms with van der Waals surface area (Å²) in [4.78, 5) is 10.2. The van der Waals surface area contributed by atoms with Gasteiger partial charge in [-0.05, 0) is 5.56 Å². The molecule has 0 saturated heterocycles. The molecule has 0 saturated carbocycles. The highest BCUT2D eigenvalue weighted by Gasteiger charge is 1.96. The van der Waals surface area contributed by atoms with Crippen LogP contribution in [-0.2, 0) is 11.2 Å². The first-order valence-electron chi connectivity index (χ1n) is 3.63. The Morgan fingerprint density at radius 3 is 2.15 bits per heavy atom. The van der Waals surface area contributed by atoms with Gasteiger partial charge in [-0.25, -0.2) is 0 Å². The second-order valence-electron chi connectivity index (χ2n) is 2.18. The molecule has 0 amide bonds. The normalized spacial score (nSPS) is 8.46. The molecule has 2 N–H and O–H groups in total. The SMILES string of the molecule is O=C(O)Cc1ccccc1.OCBr. The van der Waals surface area contributed by atoms with Crippen molar-refractivity contribution in [2.75, 3.05) is 5.52 Å². The number of hydrogen-bond donors (Lipinski definition) is 2. The third kappa shape index (κ3) is 7.49. The van der Waals surface area contributed by atoms with Gasteiger partial charge in [-0.15, -0.1) is 0 Å². The highest BCUT2D eigenvalue weighted by molar-refractivity contribution is 9.09. The molecule has 0 aromatic heterocycles. The molecule has 1 aromatic rings. The van der Waals surface area contributed by atoms with Gasteiger partial charge in [-0.3, -0.25) is 4.79 Å². The van der Waals surface area contributed by atoms with Crippen molar-refractivity contribution in [3.8, 4) is 0 Å². The second kappa shape index (κ2) is 7.76. The van der Waals surface area contributed by atoms with Crippen LogP contribution in [-0.4, -0.2) is 21.7 Å². The molecule has 4 heteroatoms. The Hall–Kier alpha value is -0.870. The first-order valence-corrected chi connectivity index (χ1v) is 4.75. The van der Waals surface area contributed by atoms with Crippen LogP contribution in [0.4, 0.5) is 0 Å². The average molecular weight is 247 g/mol. The van der Waals surface area contributed by atoms with Crippen molar-refractivity contribution in [3.05, 3.63) is 35.9 Å². The minimum atomic E-state index is -0.786. The minimum absolute atomic E-state index is 0.0625. The fourth-order valence-corrected chi connectivity index (χ4v) is 0.770. The number of carboxylic acid groups (broad SMARTS) is 1. The van der Waals surface area contributed by atoms with Gasteiger partial charge in [0.25, 0.3) is 0 Å². The molecule has 0 radical (unpaired) electrons. The highest BCUT2D eigenvalue weighted by Crippen LogP contribution is 1.98. The van der Waals surface area contributed by atoms with E-state index in [2.05, 4.69) is 15.9 Å². The van der Waals surface area contributed by atoms with Crippen LogP contribution in [0.3, 0.4) is 0 Å². The maximum absolute atomic E-state index is 10.2. The van der Waals surface area contributed by atoms with Crippen LogP contribution in [0.1, 0.15) is 5.56 Å². The molecule has 72 valence electrons. The van der Waals surface area contributed by atoms with Crippen molar-refractivity contribution in [3.63, 3.8) is 0 Å². The summed E-state index contributed by atoms with van der Waals surface area (Å²) in [5.41, 5.74) is 0.905. The van der Waals surface area contributed by atoms with E-state index in [1.165, 1.54) is 0 Å². The number of benzene rings is 1. The number of aliphatic hydroxyl groups excluding tert-OH is 1. The van der Waals surface area contributed by atoms with Gasteiger partial charge in [-0.2, -0.15) is 0 Å². The number of alkyl halides is 1. The number of aliphatic hydroxyl groups is 1. The summed E-state index contributed by atoms with van der Waals surface area (Å²) in [6.07, 6.45) is 0.112. The molecular weight excluding hydrogens is 236 g/mol. The van der Waals surface area contributed by atoms with E-state index in [4.69, 9.17) is 10.2 Å². The van der Waals surface area contributed by atoms with Crippen LogP contribution in [0.25, 0.3) is 0 Å². The Morgan fingerprint density at radius 1 is 1.31 bits per heavy atom. The number of carboxylic acids is 1. The Balaban J connectivity index is 0.000000424. The second-order valence-corrected chi connectivity index (χ2v) is 2.68. The van der Waals surface area contributed by atoms with Crippen LogP contribution < -0.4 is 0 Å². The van der Waals surface area contributed by atoms with E-state index < -0.39 is 5.97 Å². The number of halogens is 1. The molecule has 0 aliphatic rings. The molecule has 0 heterocycles. The summed E-state index contributed by atoms with van der Waals surface area (Å²) in [6, 6.07) is 9.13. The summed E-state index contributed by atoms with van der Waals surface area (Å²) < 4.78 is 0. The van der Waals surface area contributed by atoms with Crippen LogP contribution in [0.5, 0.6) is 0 Å². The Bertz CT molecular complexity index is 236. The predicted octanol–water partition coefficient (Wildman–Crippen LogP) is 1.64. The Kier molecular flexibility index (Phi) is 7.24. The van der Waals surface area contributed by atoms with Gasteiger partial charge in [0.05, 0.1) is 11.9 Å². The van der Waals surface area contributed by atoms with E-state index in [9.17, 15) is 4.79 Å². The molecule has 0 aliphatic carbocycles. The standard InChI is InChI=1S/C8H8O2.CH3BrO/c9-8(10)6-7-4-2-1-3-5-7;2-1-3/h1-5H,6H2,(H,9,10);3H,1H2. The van der Waals surface area contributed by atoms with E-state index >= 15 is 0 Å².